The van der Waals surface area contributed by atoms with E-state index in [1.165, 1.54) is 19.1 Å². The molecule has 3 aromatic rings. The minimum absolute atomic E-state index is 0.189. The topological polar surface area (TPSA) is 175 Å². The van der Waals surface area contributed by atoms with Crippen LogP contribution in [0.3, 0.4) is 0 Å². The fourth-order valence-corrected chi connectivity index (χ4v) is 6.18. The predicted molar refractivity (Wildman–Crippen MR) is 177 cm³/mol. The molecule has 4 atom stereocenters. The van der Waals surface area contributed by atoms with E-state index in [1.54, 1.807) is 24.9 Å². The number of alkyl carbamates (subject to hydrolysis) is 2. The lowest BCUT2D eigenvalue weighted by Crippen LogP contribution is -2.51. The fraction of sp³-hybridized carbons (Fsp3) is 0.412. The third kappa shape index (κ3) is 7.59. The molecule has 2 saturated heterocycles. The molecular formula is C34H41N7O7. The Labute approximate surface area is 278 Å². The zero-order chi connectivity index (χ0) is 34.4. The molecule has 3 heterocycles. The number of benzene rings is 2. The molecule has 0 unspecified atom stereocenters. The summed E-state index contributed by atoms with van der Waals surface area (Å²) >= 11 is 0. The molecule has 5 amide bonds. The van der Waals surface area contributed by atoms with E-state index >= 15 is 0 Å². The molecule has 2 aliphatic heterocycles. The van der Waals surface area contributed by atoms with Crippen LogP contribution < -0.4 is 16.0 Å². The van der Waals surface area contributed by atoms with Crippen LogP contribution in [0.5, 0.6) is 0 Å². The first kappa shape index (κ1) is 33.9. The highest BCUT2D eigenvalue weighted by Gasteiger charge is 2.37. The smallest absolute Gasteiger partial charge is 0.407 e. The Balaban J connectivity index is 1.19. The van der Waals surface area contributed by atoms with E-state index in [2.05, 4.69) is 35.4 Å². The quantitative estimate of drug-likeness (QED) is 0.268. The summed E-state index contributed by atoms with van der Waals surface area (Å²) < 4.78 is 9.19. The summed E-state index contributed by atoms with van der Waals surface area (Å²) in [5.41, 5.74) is 4.31. The number of nitrogens with one attached hydrogen (secondary N) is 4. The summed E-state index contributed by atoms with van der Waals surface area (Å²) in [6.07, 6.45) is 3.24. The highest BCUT2D eigenvalue weighted by atomic mass is 16.5. The number of imidazole rings is 1. The maximum absolute atomic E-state index is 13.1. The highest BCUT2D eigenvalue weighted by molar-refractivity contribution is 5.98. The van der Waals surface area contributed by atoms with Gasteiger partial charge in [-0.15, -0.1) is 0 Å². The number of anilines is 1. The average Bonchev–Trinajstić information content (AvgIpc) is 3.89. The second kappa shape index (κ2) is 15.0. The van der Waals surface area contributed by atoms with Crippen LogP contribution in [-0.4, -0.2) is 95.1 Å². The number of carbonyl (C=O) groups is 5. The van der Waals surface area contributed by atoms with Crippen molar-refractivity contribution in [3.63, 3.8) is 0 Å². The molecule has 48 heavy (non-hydrogen) atoms. The Morgan fingerprint density at radius 1 is 0.771 bits per heavy atom. The van der Waals surface area contributed by atoms with Crippen LogP contribution in [0.2, 0.25) is 0 Å². The summed E-state index contributed by atoms with van der Waals surface area (Å²) in [5.74, 6) is -0.107. The van der Waals surface area contributed by atoms with Crippen LogP contribution in [0.15, 0.2) is 54.7 Å². The van der Waals surface area contributed by atoms with Gasteiger partial charge in [0.05, 0.1) is 32.2 Å². The van der Waals surface area contributed by atoms with Crippen LogP contribution in [-0.2, 0) is 23.9 Å². The first-order chi connectivity index (χ1) is 23.1. The van der Waals surface area contributed by atoms with Crippen LogP contribution in [0.25, 0.3) is 22.4 Å². The third-order valence-corrected chi connectivity index (χ3v) is 8.75. The van der Waals surface area contributed by atoms with E-state index in [1.807, 2.05) is 48.5 Å². The van der Waals surface area contributed by atoms with Gasteiger partial charge in [-0.1, -0.05) is 36.4 Å². The van der Waals surface area contributed by atoms with Crippen molar-refractivity contribution in [2.45, 2.75) is 63.7 Å². The zero-order valence-corrected chi connectivity index (χ0v) is 27.4. The molecule has 0 bridgehead atoms. The van der Waals surface area contributed by atoms with Crippen molar-refractivity contribution < 1.29 is 33.4 Å². The summed E-state index contributed by atoms with van der Waals surface area (Å²) in [5, 5.41) is 7.92. The number of likely N-dealkylation sites (tertiary alicyclic amines) is 2. The SMILES string of the molecule is COC(=O)N[C@@H](C)C(=O)N1CCC[C@H]1C(=O)Nc1ccc(-c2ccc(-c3cnc([C@@H]4CCCN4C(=O)[C@H](C)NC(=O)OC)[nH]3)cc2)cc1. The Morgan fingerprint density at radius 3 is 1.90 bits per heavy atom. The lowest BCUT2D eigenvalue weighted by atomic mass is 10.0. The Bertz CT molecular complexity index is 1640. The number of carbonyl (C=O) groups excluding carboxylic acids is 5. The van der Waals surface area contributed by atoms with Gasteiger partial charge >= 0.3 is 12.2 Å². The molecule has 14 heteroatoms. The molecule has 0 spiro atoms. The normalized spacial score (nSPS) is 18.5. The van der Waals surface area contributed by atoms with Crippen molar-refractivity contribution in [3.8, 4) is 22.4 Å². The second-order valence-corrected chi connectivity index (χ2v) is 11.9. The summed E-state index contributed by atoms with van der Waals surface area (Å²) in [4.78, 5) is 73.3. The molecule has 4 N–H and O–H groups in total. The molecule has 1 aromatic heterocycles. The van der Waals surface area contributed by atoms with E-state index in [-0.39, 0.29) is 23.8 Å². The van der Waals surface area contributed by atoms with Gasteiger partial charge in [-0.05, 0) is 68.4 Å². The Kier molecular flexibility index (Phi) is 10.6. The average molecular weight is 660 g/mol. The number of ether oxygens (including phenoxy) is 2. The molecular weight excluding hydrogens is 618 g/mol. The number of amides is 5. The van der Waals surface area contributed by atoms with Gasteiger partial charge in [-0.25, -0.2) is 14.6 Å². The number of nitrogens with zero attached hydrogens (tertiary/aromatic N) is 3. The van der Waals surface area contributed by atoms with Crippen molar-refractivity contribution in [2.75, 3.05) is 32.6 Å². The van der Waals surface area contributed by atoms with Crippen molar-refractivity contribution in [2.24, 2.45) is 0 Å². The van der Waals surface area contributed by atoms with Crippen molar-refractivity contribution in [1.29, 1.82) is 0 Å². The molecule has 0 aliphatic carbocycles. The van der Waals surface area contributed by atoms with Gasteiger partial charge in [0.2, 0.25) is 17.7 Å². The fourth-order valence-electron chi connectivity index (χ4n) is 6.18. The van der Waals surface area contributed by atoms with E-state index in [4.69, 9.17) is 0 Å². The van der Waals surface area contributed by atoms with Gasteiger partial charge < -0.3 is 40.2 Å². The molecule has 2 fully saturated rings. The zero-order valence-electron chi connectivity index (χ0n) is 27.4. The Hall–Kier alpha value is -5.40. The van der Waals surface area contributed by atoms with Crippen LogP contribution in [0, 0.1) is 0 Å². The minimum atomic E-state index is -0.813. The molecule has 14 nitrogen and oxygen atoms in total. The predicted octanol–water partition coefficient (Wildman–Crippen LogP) is 3.83. The largest absolute Gasteiger partial charge is 0.453 e. The Morgan fingerprint density at radius 2 is 1.29 bits per heavy atom. The maximum atomic E-state index is 13.1. The lowest BCUT2D eigenvalue weighted by Gasteiger charge is -2.27. The number of methoxy groups -OCH3 is 2. The van der Waals surface area contributed by atoms with Crippen LogP contribution >= 0.6 is 0 Å². The standard InChI is InChI=1S/C34H41N7O7/c1-20(36-33(45)47-3)31(43)40-17-5-7-27(40)29-35-19-26(39-29)24-11-9-22(10-12-24)23-13-15-25(16-14-23)38-30(42)28-8-6-18-41(28)32(44)21(2)37-34(46)48-4/h9-16,19-21,27-28H,5-8,17-18H2,1-4H3,(H,35,39)(H,36,45)(H,37,46)(H,38,42)/t20-,21-,27-,28-/m0/s1. The summed E-state index contributed by atoms with van der Waals surface area (Å²) in [6, 6.07) is 13.1. The number of rotatable bonds is 9. The van der Waals surface area contributed by atoms with Gasteiger partial charge in [0, 0.05) is 18.8 Å². The van der Waals surface area contributed by atoms with Gasteiger partial charge in [-0.2, -0.15) is 0 Å². The first-order valence-electron chi connectivity index (χ1n) is 16.0. The van der Waals surface area contributed by atoms with Crippen molar-refractivity contribution in [3.05, 3.63) is 60.6 Å². The van der Waals surface area contributed by atoms with Gasteiger partial charge in [0.25, 0.3) is 0 Å². The summed E-state index contributed by atoms with van der Waals surface area (Å²) in [7, 11) is 2.49. The number of hydrogen-bond acceptors (Lipinski definition) is 8. The number of aromatic amines is 1. The molecule has 254 valence electrons. The van der Waals surface area contributed by atoms with Crippen LogP contribution in [0.1, 0.15) is 51.4 Å². The molecule has 2 aliphatic rings. The third-order valence-electron chi connectivity index (χ3n) is 8.75. The molecule has 0 radical (unpaired) electrons. The van der Waals surface area contributed by atoms with Crippen molar-refractivity contribution in [1.82, 2.24) is 30.4 Å². The van der Waals surface area contributed by atoms with Crippen LogP contribution in [0.4, 0.5) is 15.3 Å². The van der Waals surface area contributed by atoms with Gasteiger partial charge in [0.15, 0.2) is 0 Å². The van der Waals surface area contributed by atoms with E-state index in [0.717, 1.165) is 35.2 Å². The first-order valence-corrected chi connectivity index (χ1v) is 16.0. The highest BCUT2D eigenvalue weighted by Crippen LogP contribution is 2.33. The monoisotopic (exact) mass is 659 g/mol. The van der Waals surface area contributed by atoms with Gasteiger partial charge in [0.1, 0.15) is 23.9 Å². The van der Waals surface area contributed by atoms with E-state index in [0.29, 0.717) is 37.4 Å². The maximum Gasteiger partial charge on any atom is 0.407 e. The number of H-pyrrole nitrogens is 1. The lowest BCUT2D eigenvalue weighted by molar-refractivity contribution is -0.138. The number of hydrogen-bond donors (Lipinski definition) is 4. The summed E-state index contributed by atoms with van der Waals surface area (Å²) in [6.45, 7) is 4.22. The van der Waals surface area contributed by atoms with Crippen molar-refractivity contribution >= 4 is 35.6 Å². The number of aromatic nitrogens is 2. The van der Waals surface area contributed by atoms with E-state index < -0.39 is 30.3 Å². The molecule has 2 aromatic carbocycles. The van der Waals surface area contributed by atoms with E-state index in [9.17, 15) is 24.0 Å². The van der Waals surface area contributed by atoms with Gasteiger partial charge in [-0.3, -0.25) is 14.4 Å². The second-order valence-electron chi connectivity index (χ2n) is 11.9. The molecule has 0 saturated carbocycles. The molecule has 5 rings (SSSR count). The minimum Gasteiger partial charge on any atom is -0.453 e.